The standard InChI is InChI=1S/C17H20O/c1-12(2)9-16-10-14-7-5-6-8-15(14)11-17(16)18-13(3)4/h5-11,13H,1-4H3. The Morgan fingerprint density at radius 1 is 1.06 bits per heavy atom. The molecule has 0 fully saturated rings. The van der Waals surface area contributed by atoms with Gasteiger partial charge in [-0.05, 0) is 50.6 Å². The summed E-state index contributed by atoms with van der Waals surface area (Å²) in [5, 5.41) is 2.47. The summed E-state index contributed by atoms with van der Waals surface area (Å²) < 4.78 is 5.91. The Labute approximate surface area is 109 Å². The Hall–Kier alpha value is -1.76. The van der Waals surface area contributed by atoms with Crippen LogP contribution in [0.15, 0.2) is 42.0 Å². The van der Waals surface area contributed by atoms with Crippen molar-refractivity contribution in [3.63, 3.8) is 0 Å². The lowest BCUT2D eigenvalue weighted by Gasteiger charge is -2.14. The van der Waals surface area contributed by atoms with Gasteiger partial charge in [0.15, 0.2) is 0 Å². The maximum atomic E-state index is 5.91. The van der Waals surface area contributed by atoms with E-state index in [4.69, 9.17) is 4.74 Å². The summed E-state index contributed by atoms with van der Waals surface area (Å²) in [4.78, 5) is 0. The van der Waals surface area contributed by atoms with Gasteiger partial charge in [0.25, 0.3) is 0 Å². The molecule has 0 amide bonds. The van der Waals surface area contributed by atoms with E-state index in [1.807, 2.05) is 0 Å². The zero-order chi connectivity index (χ0) is 13.1. The molecular formula is C17H20O. The molecular weight excluding hydrogens is 220 g/mol. The molecule has 18 heavy (non-hydrogen) atoms. The van der Waals surface area contributed by atoms with Crippen molar-refractivity contribution in [2.45, 2.75) is 33.8 Å². The molecule has 2 aromatic carbocycles. The lowest BCUT2D eigenvalue weighted by molar-refractivity contribution is 0.242. The Morgan fingerprint density at radius 3 is 2.22 bits per heavy atom. The molecule has 0 N–H and O–H groups in total. The highest BCUT2D eigenvalue weighted by molar-refractivity contribution is 5.87. The minimum Gasteiger partial charge on any atom is -0.490 e. The maximum absolute atomic E-state index is 5.91. The van der Waals surface area contributed by atoms with E-state index in [0.717, 1.165) is 11.3 Å². The van der Waals surface area contributed by atoms with E-state index in [2.05, 4.69) is 70.2 Å². The number of hydrogen-bond acceptors (Lipinski definition) is 1. The van der Waals surface area contributed by atoms with Gasteiger partial charge < -0.3 is 4.74 Å². The van der Waals surface area contributed by atoms with Crippen LogP contribution in [0.25, 0.3) is 16.8 Å². The smallest absolute Gasteiger partial charge is 0.127 e. The number of hydrogen-bond donors (Lipinski definition) is 0. The number of fused-ring (bicyclic) bond motifs is 1. The Morgan fingerprint density at radius 2 is 1.67 bits per heavy atom. The fourth-order valence-corrected chi connectivity index (χ4v) is 2.02. The molecule has 0 spiro atoms. The second kappa shape index (κ2) is 5.26. The highest BCUT2D eigenvalue weighted by Crippen LogP contribution is 2.28. The third kappa shape index (κ3) is 2.92. The summed E-state index contributed by atoms with van der Waals surface area (Å²) in [6.07, 6.45) is 2.36. The number of ether oxygens (including phenoxy) is 1. The molecule has 2 rings (SSSR count). The van der Waals surface area contributed by atoms with Crippen LogP contribution in [0, 0.1) is 0 Å². The first-order chi connectivity index (χ1) is 8.56. The van der Waals surface area contributed by atoms with Crippen molar-refractivity contribution in [2.24, 2.45) is 0 Å². The summed E-state index contributed by atoms with van der Waals surface area (Å²) in [5.74, 6) is 0.963. The summed E-state index contributed by atoms with van der Waals surface area (Å²) in [5.41, 5.74) is 2.43. The molecule has 0 aliphatic heterocycles. The van der Waals surface area contributed by atoms with Crippen molar-refractivity contribution < 1.29 is 4.74 Å². The van der Waals surface area contributed by atoms with Crippen LogP contribution >= 0.6 is 0 Å². The van der Waals surface area contributed by atoms with Gasteiger partial charge in [-0.2, -0.15) is 0 Å². The van der Waals surface area contributed by atoms with Crippen LogP contribution in [0.2, 0.25) is 0 Å². The van der Waals surface area contributed by atoms with Crippen LogP contribution in [0.1, 0.15) is 33.3 Å². The van der Waals surface area contributed by atoms with Gasteiger partial charge in [-0.25, -0.2) is 0 Å². The summed E-state index contributed by atoms with van der Waals surface area (Å²) in [6, 6.07) is 12.7. The summed E-state index contributed by atoms with van der Waals surface area (Å²) in [7, 11) is 0. The monoisotopic (exact) mass is 240 g/mol. The molecule has 0 saturated carbocycles. The van der Waals surface area contributed by atoms with Crippen molar-refractivity contribution in [3.05, 3.63) is 47.5 Å². The molecule has 0 bridgehead atoms. The Bertz CT molecular complexity index is 575. The number of benzene rings is 2. The van der Waals surface area contributed by atoms with Gasteiger partial charge in [0.05, 0.1) is 6.10 Å². The minimum atomic E-state index is 0.190. The Balaban J connectivity index is 2.59. The fraction of sp³-hybridized carbons (Fsp3) is 0.294. The van der Waals surface area contributed by atoms with Crippen molar-refractivity contribution >= 4 is 16.8 Å². The van der Waals surface area contributed by atoms with Gasteiger partial charge in [-0.1, -0.05) is 35.9 Å². The van der Waals surface area contributed by atoms with E-state index < -0.39 is 0 Å². The van der Waals surface area contributed by atoms with Gasteiger partial charge in [0.1, 0.15) is 5.75 Å². The molecule has 0 unspecified atom stereocenters. The van der Waals surface area contributed by atoms with Gasteiger partial charge in [0, 0.05) is 5.56 Å². The lowest BCUT2D eigenvalue weighted by Crippen LogP contribution is -2.06. The number of allylic oxidation sites excluding steroid dienone is 1. The van der Waals surface area contributed by atoms with Crippen molar-refractivity contribution in [2.75, 3.05) is 0 Å². The molecule has 0 atom stereocenters. The first-order valence-electron chi connectivity index (χ1n) is 6.40. The predicted molar refractivity (Wildman–Crippen MR) is 79.0 cm³/mol. The van der Waals surface area contributed by atoms with E-state index in [-0.39, 0.29) is 6.10 Å². The zero-order valence-electron chi connectivity index (χ0n) is 11.5. The van der Waals surface area contributed by atoms with E-state index in [0.29, 0.717) is 0 Å². The van der Waals surface area contributed by atoms with Crippen molar-refractivity contribution in [1.82, 2.24) is 0 Å². The molecule has 0 aliphatic carbocycles. The molecule has 0 saturated heterocycles. The summed E-state index contributed by atoms with van der Waals surface area (Å²) >= 11 is 0. The first-order valence-corrected chi connectivity index (χ1v) is 6.40. The van der Waals surface area contributed by atoms with Gasteiger partial charge >= 0.3 is 0 Å². The molecule has 0 heterocycles. The topological polar surface area (TPSA) is 9.23 Å². The second-order valence-corrected chi connectivity index (χ2v) is 5.13. The maximum Gasteiger partial charge on any atom is 0.127 e. The highest BCUT2D eigenvalue weighted by Gasteiger charge is 2.06. The number of rotatable bonds is 3. The average Bonchev–Trinajstić information content (AvgIpc) is 2.28. The van der Waals surface area contributed by atoms with E-state index in [1.165, 1.54) is 16.3 Å². The zero-order valence-corrected chi connectivity index (χ0v) is 11.5. The van der Waals surface area contributed by atoms with Crippen LogP contribution in [-0.2, 0) is 0 Å². The van der Waals surface area contributed by atoms with Crippen LogP contribution in [-0.4, -0.2) is 6.10 Å². The first kappa shape index (κ1) is 12.7. The van der Waals surface area contributed by atoms with Crippen LogP contribution in [0.3, 0.4) is 0 Å². The van der Waals surface area contributed by atoms with E-state index >= 15 is 0 Å². The Kier molecular flexibility index (Phi) is 3.71. The van der Waals surface area contributed by atoms with Gasteiger partial charge in [-0.15, -0.1) is 0 Å². The third-order valence-corrected chi connectivity index (χ3v) is 2.68. The molecule has 1 nitrogen and oxygen atoms in total. The molecule has 0 aliphatic rings. The van der Waals surface area contributed by atoms with Crippen molar-refractivity contribution in [1.29, 1.82) is 0 Å². The average molecular weight is 240 g/mol. The summed E-state index contributed by atoms with van der Waals surface area (Å²) in [6.45, 7) is 8.33. The molecule has 94 valence electrons. The van der Waals surface area contributed by atoms with E-state index in [9.17, 15) is 0 Å². The fourth-order valence-electron chi connectivity index (χ4n) is 2.02. The van der Waals surface area contributed by atoms with E-state index in [1.54, 1.807) is 0 Å². The lowest BCUT2D eigenvalue weighted by atomic mass is 10.0. The molecule has 0 aromatic heterocycles. The third-order valence-electron chi connectivity index (χ3n) is 2.68. The van der Waals surface area contributed by atoms with Crippen LogP contribution in [0.5, 0.6) is 5.75 Å². The van der Waals surface area contributed by atoms with Crippen molar-refractivity contribution in [3.8, 4) is 5.75 Å². The molecule has 2 aromatic rings. The SMILES string of the molecule is CC(C)=Cc1cc2ccccc2cc1OC(C)C. The van der Waals surface area contributed by atoms with Gasteiger partial charge in [0.2, 0.25) is 0 Å². The van der Waals surface area contributed by atoms with Crippen LogP contribution in [0.4, 0.5) is 0 Å². The minimum absolute atomic E-state index is 0.190. The second-order valence-electron chi connectivity index (χ2n) is 5.13. The largest absolute Gasteiger partial charge is 0.490 e. The quantitative estimate of drug-likeness (QED) is 0.729. The highest BCUT2D eigenvalue weighted by atomic mass is 16.5. The van der Waals surface area contributed by atoms with Gasteiger partial charge in [-0.3, -0.25) is 0 Å². The molecule has 0 radical (unpaired) electrons. The predicted octanol–water partition coefficient (Wildman–Crippen LogP) is 5.05. The molecule has 1 heteroatoms. The van der Waals surface area contributed by atoms with Crippen LogP contribution < -0.4 is 4.74 Å². The normalized spacial score (nSPS) is 10.7.